The lowest BCUT2D eigenvalue weighted by atomic mass is 10.3. The predicted octanol–water partition coefficient (Wildman–Crippen LogP) is 0.685. The molecule has 0 radical (unpaired) electrons. The third-order valence-electron chi connectivity index (χ3n) is 2.62. The largest absolute Gasteiger partial charge is 0.481 e. The Morgan fingerprint density at radius 3 is 2.94 bits per heavy atom. The molecule has 1 aliphatic carbocycles. The first-order chi connectivity index (χ1) is 8.66. The van der Waals surface area contributed by atoms with Crippen LogP contribution in [0.4, 0.5) is 0 Å². The maximum absolute atomic E-state index is 11.4. The smallest absolute Gasteiger partial charge is 0.358 e. The fourth-order valence-electron chi connectivity index (χ4n) is 1.44. The molecule has 0 spiro atoms. The summed E-state index contributed by atoms with van der Waals surface area (Å²) in [6.07, 6.45) is 3.68. The maximum atomic E-state index is 11.4. The Balaban J connectivity index is 1.84. The Morgan fingerprint density at radius 1 is 1.50 bits per heavy atom. The predicted molar refractivity (Wildman–Crippen MR) is 62.4 cm³/mol. The molecule has 2 N–H and O–H groups in total. The van der Waals surface area contributed by atoms with Crippen LogP contribution in [-0.2, 0) is 4.79 Å². The lowest BCUT2D eigenvalue weighted by Gasteiger charge is -2.08. The molecule has 1 fully saturated rings. The van der Waals surface area contributed by atoms with Crippen molar-refractivity contribution in [1.82, 2.24) is 10.3 Å². The Hall–Kier alpha value is -2.11. The number of hydrogen-bond acceptors (Lipinski definition) is 4. The molecule has 0 unspecified atom stereocenters. The van der Waals surface area contributed by atoms with Gasteiger partial charge in [0.25, 0.3) is 5.91 Å². The van der Waals surface area contributed by atoms with E-state index < -0.39 is 5.97 Å². The van der Waals surface area contributed by atoms with Crippen LogP contribution in [0.3, 0.4) is 0 Å². The average molecular weight is 250 g/mol. The van der Waals surface area contributed by atoms with Gasteiger partial charge in [-0.1, -0.05) is 0 Å². The van der Waals surface area contributed by atoms with Gasteiger partial charge in [-0.2, -0.15) is 0 Å². The van der Waals surface area contributed by atoms with Crippen molar-refractivity contribution in [3.05, 3.63) is 24.0 Å². The molecule has 1 amide bonds. The number of carbonyl (C=O) groups excluding carboxylic acids is 1. The molecule has 18 heavy (non-hydrogen) atoms. The number of pyridine rings is 1. The molecule has 0 aliphatic heterocycles. The third-order valence-corrected chi connectivity index (χ3v) is 2.62. The Morgan fingerprint density at radius 2 is 2.28 bits per heavy atom. The fourth-order valence-corrected chi connectivity index (χ4v) is 1.44. The van der Waals surface area contributed by atoms with Crippen LogP contribution >= 0.6 is 0 Å². The molecule has 1 aromatic heterocycles. The van der Waals surface area contributed by atoms with Gasteiger partial charge in [-0.15, -0.1) is 0 Å². The Labute approximate surface area is 104 Å². The summed E-state index contributed by atoms with van der Waals surface area (Å²) < 4.78 is 5.16. The zero-order valence-electron chi connectivity index (χ0n) is 9.76. The second kappa shape index (κ2) is 5.48. The number of aromatic carboxylic acids is 1. The summed E-state index contributed by atoms with van der Waals surface area (Å²) in [4.78, 5) is 26.0. The minimum Gasteiger partial charge on any atom is -0.481 e. The molecule has 1 aliphatic rings. The Kier molecular flexibility index (Phi) is 3.76. The lowest BCUT2D eigenvalue weighted by molar-refractivity contribution is -0.123. The molecular weight excluding hydrogens is 236 g/mol. The van der Waals surface area contributed by atoms with E-state index in [1.54, 1.807) is 6.07 Å². The minimum absolute atomic E-state index is 0.103. The van der Waals surface area contributed by atoms with Gasteiger partial charge in [0.2, 0.25) is 0 Å². The number of hydrogen-bond donors (Lipinski definition) is 2. The van der Waals surface area contributed by atoms with Crippen LogP contribution in [0.2, 0.25) is 0 Å². The summed E-state index contributed by atoms with van der Waals surface area (Å²) in [5.74, 6) is -0.723. The number of nitrogens with one attached hydrogen (secondary N) is 1. The summed E-state index contributed by atoms with van der Waals surface area (Å²) in [6, 6.07) is 3.04. The number of aromatic nitrogens is 1. The van der Waals surface area contributed by atoms with Crippen LogP contribution in [0.1, 0.15) is 23.3 Å². The van der Waals surface area contributed by atoms with E-state index in [9.17, 15) is 9.59 Å². The zero-order valence-corrected chi connectivity index (χ0v) is 9.76. The van der Waals surface area contributed by atoms with Crippen molar-refractivity contribution in [2.75, 3.05) is 13.2 Å². The molecule has 1 saturated carbocycles. The number of carboxylic acid groups (broad SMARTS) is 1. The number of amides is 1. The summed E-state index contributed by atoms with van der Waals surface area (Å²) in [7, 11) is 0. The molecule has 0 saturated heterocycles. The van der Waals surface area contributed by atoms with Gasteiger partial charge in [-0.05, 0) is 30.9 Å². The molecule has 0 aromatic carbocycles. The van der Waals surface area contributed by atoms with Crippen LogP contribution in [0, 0.1) is 5.92 Å². The number of rotatable bonds is 6. The van der Waals surface area contributed by atoms with Crippen molar-refractivity contribution in [3.63, 3.8) is 0 Å². The van der Waals surface area contributed by atoms with Gasteiger partial charge in [-0.3, -0.25) is 4.79 Å². The average Bonchev–Trinajstić information content (AvgIpc) is 3.18. The van der Waals surface area contributed by atoms with E-state index in [1.807, 2.05) is 0 Å². The standard InChI is InChI=1S/C12H14N2O4/c15-10(14-6-8-3-4-8)7-18-9-2-1-5-13-11(9)12(16)17/h1-2,5,8H,3-4,6-7H2,(H,14,15)(H,16,17). The van der Waals surface area contributed by atoms with E-state index in [1.165, 1.54) is 12.3 Å². The van der Waals surface area contributed by atoms with Crippen molar-refractivity contribution in [3.8, 4) is 5.75 Å². The van der Waals surface area contributed by atoms with Gasteiger partial charge in [0.05, 0.1) is 0 Å². The van der Waals surface area contributed by atoms with E-state index in [2.05, 4.69) is 10.3 Å². The fraction of sp³-hybridized carbons (Fsp3) is 0.417. The maximum Gasteiger partial charge on any atom is 0.358 e. The van der Waals surface area contributed by atoms with Gasteiger partial charge < -0.3 is 15.2 Å². The van der Waals surface area contributed by atoms with Crippen LogP contribution < -0.4 is 10.1 Å². The summed E-state index contributed by atoms with van der Waals surface area (Å²) in [6.45, 7) is 0.472. The van der Waals surface area contributed by atoms with Crippen molar-refractivity contribution < 1.29 is 19.4 Å². The number of nitrogens with zero attached hydrogens (tertiary/aromatic N) is 1. The number of ether oxygens (including phenoxy) is 1. The summed E-state index contributed by atoms with van der Waals surface area (Å²) >= 11 is 0. The summed E-state index contributed by atoms with van der Waals surface area (Å²) in [5, 5.41) is 11.6. The highest BCUT2D eigenvalue weighted by atomic mass is 16.5. The monoisotopic (exact) mass is 250 g/mol. The normalized spacial score (nSPS) is 14.0. The number of carboxylic acids is 1. The van der Waals surface area contributed by atoms with E-state index in [-0.39, 0.29) is 24.0 Å². The highest BCUT2D eigenvalue weighted by Crippen LogP contribution is 2.27. The first-order valence-electron chi connectivity index (χ1n) is 5.74. The quantitative estimate of drug-likeness (QED) is 0.775. The van der Waals surface area contributed by atoms with E-state index in [0.717, 1.165) is 12.8 Å². The second-order valence-electron chi connectivity index (χ2n) is 4.19. The molecular formula is C12H14N2O4. The van der Waals surface area contributed by atoms with Gasteiger partial charge in [0.1, 0.15) is 0 Å². The lowest BCUT2D eigenvalue weighted by Crippen LogP contribution is -2.30. The van der Waals surface area contributed by atoms with Gasteiger partial charge >= 0.3 is 5.97 Å². The van der Waals surface area contributed by atoms with Crippen LogP contribution in [-0.4, -0.2) is 35.1 Å². The Bertz CT molecular complexity index is 457. The van der Waals surface area contributed by atoms with Gasteiger partial charge in [0, 0.05) is 12.7 Å². The highest BCUT2D eigenvalue weighted by molar-refractivity contribution is 5.88. The summed E-state index contributed by atoms with van der Waals surface area (Å²) in [5.41, 5.74) is -0.188. The molecule has 96 valence electrons. The van der Waals surface area contributed by atoms with Gasteiger partial charge in [-0.25, -0.2) is 9.78 Å². The minimum atomic E-state index is -1.18. The zero-order chi connectivity index (χ0) is 13.0. The van der Waals surface area contributed by atoms with Crippen LogP contribution in [0.25, 0.3) is 0 Å². The number of carbonyl (C=O) groups is 2. The topological polar surface area (TPSA) is 88.5 Å². The van der Waals surface area contributed by atoms with Crippen molar-refractivity contribution in [2.24, 2.45) is 5.92 Å². The molecule has 1 aromatic rings. The van der Waals surface area contributed by atoms with Crippen molar-refractivity contribution >= 4 is 11.9 Å². The first-order valence-corrected chi connectivity index (χ1v) is 5.74. The molecule has 6 nitrogen and oxygen atoms in total. The van der Waals surface area contributed by atoms with E-state index in [0.29, 0.717) is 12.5 Å². The highest BCUT2D eigenvalue weighted by Gasteiger charge is 2.21. The van der Waals surface area contributed by atoms with Crippen LogP contribution in [0.15, 0.2) is 18.3 Å². The van der Waals surface area contributed by atoms with E-state index >= 15 is 0 Å². The van der Waals surface area contributed by atoms with E-state index in [4.69, 9.17) is 9.84 Å². The van der Waals surface area contributed by atoms with Gasteiger partial charge in [0.15, 0.2) is 18.1 Å². The SMILES string of the molecule is O=C(COc1cccnc1C(=O)O)NCC1CC1. The second-order valence-corrected chi connectivity index (χ2v) is 4.19. The van der Waals surface area contributed by atoms with Crippen LogP contribution in [0.5, 0.6) is 5.75 Å². The third kappa shape index (κ3) is 3.44. The molecule has 2 rings (SSSR count). The molecule has 1 heterocycles. The first kappa shape index (κ1) is 12.3. The molecule has 0 bridgehead atoms. The van der Waals surface area contributed by atoms with Crippen molar-refractivity contribution in [1.29, 1.82) is 0 Å². The van der Waals surface area contributed by atoms with Crippen molar-refractivity contribution in [2.45, 2.75) is 12.8 Å². The molecule has 6 heteroatoms. The molecule has 0 atom stereocenters.